The van der Waals surface area contributed by atoms with E-state index in [4.69, 9.17) is 0 Å². The zero-order valence-electron chi connectivity index (χ0n) is 12.5. The maximum Gasteiger partial charge on any atom is 0.251 e. The number of aliphatic hydroxyl groups is 1. The van der Waals surface area contributed by atoms with E-state index in [1.54, 1.807) is 25.4 Å². The van der Waals surface area contributed by atoms with Crippen molar-refractivity contribution in [2.24, 2.45) is 0 Å². The molecule has 2 aromatic rings. The van der Waals surface area contributed by atoms with E-state index in [2.05, 4.69) is 20.6 Å². The highest BCUT2D eigenvalue weighted by Gasteiger charge is 2.19. The lowest BCUT2D eigenvalue weighted by atomic mass is 9.93. The third-order valence-corrected chi connectivity index (χ3v) is 4.10. The molecule has 22 heavy (non-hydrogen) atoms. The average Bonchev–Trinajstić information content (AvgIpc) is 2.55. The number of benzene rings is 1. The number of rotatable bonds is 3. The van der Waals surface area contributed by atoms with Gasteiger partial charge in [0.2, 0.25) is 5.95 Å². The summed E-state index contributed by atoms with van der Waals surface area (Å²) < 4.78 is 0. The molecule has 1 aromatic heterocycles. The van der Waals surface area contributed by atoms with Gasteiger partial charge >= 0.3 is 0 Å². The maximum atomic E-state index is 11.7. The summed E-state index contributed by atoms with van der Waals surface area (Å²) in [4.78, 5) is 20.5. The highest BCUT2D eigenvalue weighted by molar-refractivity contribution is 5.97. The Morgan fingerprint density at radius 1 is 1.27 bits per heavy atom. The molecule has 0 aliphatic heterocycles. The molecule has 0 radical (unpaired) electrons. The molecule has 6 heteroatoms. The molecule has 0 unspecified atom stereocenters. The van der Waals surface area contributed by atoms with Crippen molar-refractivity contribution in [3.8, 4) is 0 Å². The first-order chi connectivity index (χ1) is 10.7. The fourth-order valence-electron chi connectivity index (χ4n) is 2.78. The molecule has 1 fully saturated rings. The van der Waals surface area contributed by atoms with Gasteiger partial charge in [0.15, 0.2) is 0 Å². The highest BCUT2D eigenvalue weighted by atomic mass is 16.3. The molecule has 1 aliphatic carbocycles. The van der Waals surface area contributed by atoms with E-state index < -0.39 is 0 Å². The first-order valence-corrected chi connectivity index (χ1v) is 7.59. The number of carbonyl (C=O) groups is 1. The lowest BCUT2D eigenvalue weighted by Crippen LogP contribution is -2.28. The lowest BCUT2D eigenvalue weighted by molar-refractivity contribution is 0.0963. The molecular weight excluding hydrogens is 280 g/mol. The number of aliphatic hydroxyl groups excluding tert-OH is 1. The predicted octanol–water partition coefficient (Wildman–Crippen LogP) is 1.70. The lowest BCUT2D eigenvalue weighted by Gasteiger charge is -2.26. The van der Waals surface area contributed by atoms with Crippen molar-refractivity contribution < 1.29 is 9.90 Å². The zero-order chi connectivity index (χ0) is 15.5. The van der Waals surface area contributed by atoms with Crippen LogP contribution in [-0.2, 0) is 0 Å². The van der Waals surface area contributed by atoms with Gasteiger partial charge in [0, 0.05) is 30.2 Å². The summed E-state index contributed by atoms with van der Waals surface area (Å²) in [7, 11) is 1.61. The maximum absolute atomic E-state index is 11.7. The van der Waals surface area contributed by atoms with Crippen molar-refractivity contribution in [2.75, 3.05) is 12.4 Å². The third kappa shape index (κ3) is 3.17. The van der Waals surface area contributed by atoms with Crippen LogP contribution in [0.15, 0.2) is 24.4 Å². The Kier molecular flexibility index (Phi) is 4.20. The number of nitrogens with zero attached hydrogens (tertiary/aromatic N) is 2. The highest BCUT2D eigenvalue weighted by Crippen LogP contribution is 2.22. The van der Waals surface area contributed by atoms with Crippen LogP contribution in [0, 0.1) is 0 Å². The van der Waals surface area contributed by atoms with Gasteiger partial charge in [-0.05, 0) is 37.8 Å². The number of aromatic nitrogens is 2. The normalized spacial score (nSPS) is 21.5. The molecule has 0 atom stereocenters. The van der Waals surface area contributed by atoms with Crippen LogP contribution < -0.4 is 10.6 Å². The van der Waals surface area contributed by atoms with Crippen molar-refractivity contribution in [1.82, 2.24) is 15.3 Å². The van der Waals surface area contributed by atoms with Gasteiger partial charge in [-0.2, -0.15) is 0 Å². The van der Waals surface area contributed by atoms with Gasteiger partial charge in [-0.1, -0.05) is 6.07 Å². The molecule has 3 rings (SSSR count). The van der Waals surface area contributed by atoms with Crippen molar-refractivity contribution in [3.63, 3.8) is 0 Å². The summed E-state index contributed by atoms with van der Waals surface area (Å²) in [6.45, 7) is 0. The number of hydrogen-bond donors (Lipinski definition) is 3. The molecule has 1 saturated carbocycles. The van der Waals surface area contributed by atoms with Gasteiger partial charge in [-0.15, -0.1) is 0 Å². The summed E-state index contributed by atoms with van der Waals surface area (Å²) in [5.41, 5.74) is 1.33. The summed E-state index contributed by atoms with van der Waals surface area (Å²) in [6.07, 6.45) is 5.04. The number of carbonyl (C=O) groups excluding carboxylic acids is 1. The van der Waals surface area contributed by atoms with Crippen LogP contribution in [0.4, 0.5) is 5.95 Å². The molecule has 1 heterocycles. The minimum atomic E-state index is -0.175. The van der Waals surface area contributed by atoms with Gasteiger partial charge in [0.1, 0.15) is 0 Å². The van der Waals surface area contributed by atoms with Gasteiger partial charge in [0.05, 0.1) is 11.6 Å². The van der Waals surface area contributed by atoms with E-state index in [0.717, 1.165) is 36.6 Å². The van der Waals surface area contributed by atoms with E-state index in [1.165, 1.54) is 0 Å². The predicted molar refractivity (Wildman–Crippen MR) is 84.8 cm³/mol. The Morgan fingerprint density at radius 2 is 2.05 bits per heavy atom. The van der Waals surface area contributed by atoms with E-state index in [1.807, 2.05) is 6.07 Å². The largest absolute Gasteiger partial charge is 0.393 e. The summed E-state index contributed by atoms with van der Waals surface area (Å²) in [5, 5.41) is 16.4. The van der Waals surface area contributed by atoms with Crippen LogP contribution in [0.25, 0.3) is 10.9 Å². The Labute approximate surface area is 129 Å². The monoisotopic (exact) mass is 300 g/mol. The molecule has 0 spiro atoms. The van der Waals surface area contributed by atoms with Crippen LogP contribution in [0.3, 0.4) is 0 Å². The van der Waals surface area contributed by atoms with Crippen molar-refractivity contribution in [2.45, 2.75) is 37.8 Å². The van der Waals surface area contributed by atoms with E-state index >= 15 is 0 Å². The molecule has 0 saturated heterocycles. The second kappa shape index (κ2) is 6.27. The van der Waals surface area contributed by atoms with Crippen molar-refractivity contribution in [3.05, 3.63) is 30.0 Å². The van der Waals surface area contributed by atoms with Crippen LogP contribution >= 0.6 is 0 Å². The summed E-state index contributed by atoms with van der Waals surface area (Å²) in [5.74, 6) is 0.444. The molecule has 6 nitrogen and oxygen atoms in total. The van der Waals surface area contributed by atoms with Gasteiger partial charge in [-0.25, -0.2) is 9.97 Å². The van der Waals surface area contributed by atoms with Crippen molar-refractivity contribution >= 4 is 22.8 Å². The SMILES string of the molecule is CNC(=O)c1ccc2cnc(NC3CCC(O)CC3)nc2c1. The minimum absolute atomic E-state index is 0.128. The molecule has 1 aliphatic rings. The summed E-state index contributed by atoms with van der Waals surface area (Å²) >= 11 is 0. The Morgan fingerprint density at radius 3 is 2.77 bits per heavy atom. The quantitative estimate of drug-likeness (QED) is 0.803. The number of hydrogen-bond acceptors (Lipinski definition) is 5. The number of nitrogens with one attached hydrogen (secondary N) is 2. The third-order valence-electron chi connectivity index (χ3n) is 4.10. The van der Waals surface area contributed by atoms with Crippen LogP contribution in [0.5, 0.6) is 0 Å². The topological polar surface area (TPSA) is 87.1 Å². The number of fused-ring (bicyclic) bond motifs is 1. The van der Waals surface area contributed by atoms with Crippen LogP contribution in [-0.4, -0.2) is 40.2 Å². The Bertz CT molecular complexity index is 681. The molecule has 1 aromatic carbocycles. The van der Waals surface area contributed by atoms with Gasteiger partial charge in [0.25, 0.3) is 5.91 Å². The molecule has 1 amide bonds. The smallest absolute Gasteiger partial charge is 0.251 e. The molecule has 116 valence electrons. The van der Waals surface area contributed by atoms with Gasteiger partial charge in [-0.3, -0.25) is 4.79 Å². The molecule has 3 N–H and O–H groups in total. The van der Waals surface area contributed by atoms with Crippen LogP contribution in [0.1, 0.15) is 36.0 Å². The van der Waals surface area contributed by atoms with E-state index in [-0.39, 0.29) is 12.0 Å². The minimum Gasteiger partial charge on any atom is -0.393 e. The fraction of sp³-hybridized carbons (Fsp3) is 0.438. The van der Waals surface area contributed by atoms with E-state index in [9.17, 15) is 9.90 Å². The second-order valence-corrected chi connectivity index (χ2v) is 5.70. The van der Waals surface area contributed by atoms with Crippen LogP contribution in [0.2, 0.25) is 0 Å². The standard InChI is InChI=1S/C16H20N4O2/c1-17-15(22)10-2-3-11-9-18-16(20-14(11)8-10)19-12-4-6-13(21)7-5-12/h2-3,8-9,12-13,21H,4-7H2,1H3,(H,17,22)(H,18,19,20). The van der Waals surface area contributed by atoms with Gasteiger partial charge < -0.3 is 15.7 Å². The first-order valence-electron chi connectivity index (χ1n) is 7.59. The van der Waals surface area contributed by atoms with Crippen molar-refractivity contribution in [1.29, 1.82) is 0 Å². The Balaban J connectivity index is 1.80. The number of anilines is 1. The first kappa shape index (κ1) is 14.7. The fourth-order valence-corrected chi connectivity index (χ4v) is 2.78. The molecule has 0 bridgehead atoms. The Hall–Kier alpha value is -2.21. The van der Waals surface area contributed by atoms with E-state index in [0.29, 0.717) is 17.6 Å². The average molecular weight is 300 g/mol. The second-order valence-electron chi connectivity index (χ2n) is 5.70. The zero-order valence-corrected chi connectivity index (χ0v) is 12.5. The summed E-state index contributed by atoms with van der Waals surface area (Å²) in [6, 6.07) is 5.68. The number of amides is 1. The molecular formula is C16H20N4O2.